The van der Waals surface area contributed by atoms with Crippen LogP contribution in [0.3, 0.4) is 0 Å². The average molecular weight is 421 g/mol. The number of hydrogen-bond donors (Lipinski definition) is 1. The molecule has 0 aliphatic carbocycles. The summed E-state index contributed by atoms with van der Waals surface area (Å²) in [7, 11) is 0. The lowest BCUT2D eigenvalue weighted by atomic mass is 10.1. The molecular formula is C19H18Cl2N4OS. The van der Waals surface area contributed by atoms with Gasteiger partial charge in [-0.25, -0.2) is 0 Å². The van der Waals surface area contributed by atoms with Gasteiger partial charge in [0.25, 0.3) is 0 Å². The molecule has 5 nitrogen and oxygen atoms in total. The number of halogens is 2. The van der Waals surface area contributed by atoms with Crippen molar-refractivity contribution in [1.82, 2.24) is 14.8 Å². The molecule has 0 bridgehead atoms. The quantitative estimate of drug-likeness (QED) is 0.548. The molecule has 2 aromatic carbocycles. The molecule has 1 heterocycles. The fraction of sp³-hybridized carbons (Fsp3) is 0.211. The van der Waals surface area contributed by atoms with E-state index in [-0.39, 0.29) is 11.7 Å². The highest BCUT2D eigenvalue weighted by molar-refractivity contribution is 7.99. The lowest BCUT2D eigenvalue weighted by Crippen LogP contribution is -2.14. The Morgan fingerprint density at radius 3 is 2.70 bits per heavy atom. The molecule has 1 aromatic heterocycles. The van der Waals surface area contributed by atoms with Crippen molar-refractivity contribution in [2.75, 3.05) is 11.1 Å². The maximum absolute atomic E-state index is 12.2. The fourth-order valence-electron chi connectivity index (χ4n) is 2.52. The van der Waals surface area contributed by atoms with E-state index in [0.29, 0.717) is 27.4 Å². The van der Waals surface area contributed by atoms with E-state index >= 15 is 0 Å². The zero-order valence-corrected chi connectivity index (χ0v) is 17.2. The van der Waals surface area contributed by atoms with Crippen LogP contribution in [0.4, 0.5) is 5.69 Å². The Hall–Kier alpha value is -2.02. The molecule has 8 heteroatoms. The minimum atomic E-state index is -0.132. The van der Waals surface area contributed by atoms with Crippen molar-refractivity contribution in [3.63, 3.8) is 0 Å². The second-order valence-corrected chi connectivity index (χ2v) is 7.65. The summed E-state index contributed by atoms with van der Waals surface area (Å²) in [5.74, 6) is 0.823. The third-order valence-corrected chi connectivity index (χ3v) is 5.51. The van der Waals surface area contributed by atoms with E-state index in [1.54, 1.807) is 24.3 Å². The SMILES string of the molecule is CCn1c(SCC(=O)Nc2cccc(Cl)c2)nnc1-c1ccc(C)c(Cl)c1. The third kappa shape index (κ3) is 4.83. The zero-order chi connectivity index (χ0) is 19.4. The van der Waals surface area contributed by atoms with Crippen LogP contribution in [0.1, 0.15) is 12.5 Å². The number of amides is 1. The molecule has 0 spiro atoms. The molecule has 0 saturated heterocycles. The van der Waals surface area contributed by atoms with Crippen LogP contribution >= 0.6 is 35.0 Å². The normalized spacial score (nSPS) is 10.8. The number of nitrogens with one attached hydrogen (secondary N) is 1. The third-order valence-electron chi connectivity index (χ3n) is 3.90. The standard InChI is InChI=1S/C19H18Cl2N4OS/c1-3-25-18(13-8-7-12(2)16(21)9-13)23-24-19(25)27-11-17(26)22-15-6-4-5-14(20)10-15/h4-10H,3,11H2,1-2H3,(H,22,26). The van der Waals surface area contributed by atoms with E-state index in [1.165, 1.54) is 11.8 Å². The van der Waals surface area contributed by atoms with Crippen LogP contribution in [-0.2, 0) is 11.3 Å². The first kappa shape index (κ1) is 19.7. The molecule has 0 radical (unpaired) electrons. The topological polar surface area (TPSA) is 59.8 Å². The van der Waals surface area contributed by atoms with Gasteiger partial charge in [0.15, 0.2) is 11.0 Å². The molecule has 0 unspecified atom stereocenters. The Kier molecular flexibility index (Phi) is 6.42. The van der Waals surface area contributed by atoms with Crippen LogP contribution in [0.15, 0.2) is 47.6 Å². The summed E-state index contributed by atoms with van der Waals surface area (Å²) in [5, 5.41) is 13.3. The van der Waals surface area contributed by atoms with E-state index < -0.39 is 0 Å². The molecule has 0 aliphatic rings. The number of aromatic nitrogens is 3. The summed E-state index contributed by atoms with van der Waals surface area (Å²) in [4.78, 5) is 12.2. The Morgan fingerprint density at radius 1 is 1.19 bits per heavy atom. The highest BCUT2D eigenvalue weighted by Crippen LogP contribution is 2.27. The van der Waals surface area contributed by atoms with Crippen molar-refractivity contribution in [3.05, 3.63) is 58.1 Å². The van der Waals surface area contributed by atoms with Crippen molar-refractivity contribution < 1.29 is 4.79 Å². The molecular weight excluding hydrogens is 403 g/mol. The number of anilines is 1. The number of carbonyl (C=O) groups is 1. The highest BCUT2D eigenvalue weighted by atomic mass is 35.5. The van der Waals surface area contributed by atoms with E-state index in [4.69, 9.17) is 23.2 Å². The van der Waals surface area contributed by atoms with Crippen LogP contribution < -0.4 is 5.32 Å². The van der Waals surface area contributed by atoms with Crippen molar-refractivity contribution in [2.45, 2.75) is 25.5 Å². The smallest absolute Gasteiger partial charge is 0.234 e. The molecule has 3 aromatic rings. The Bertz CT molecular complexity index is 974. The first-order chi connectivity index (χ1) is 13.0. The van der Waals surface area contributed by atoms with Gasteiger partial charge in [-0.3, -0.25) is 4.79 Å². The second kappa shape index (κ2) is 8.78. The maximum atomic E-state index is 12.2. The predicted molar refractivity (Wildman–Crippen MR) is 112 cm³/mol. The molecule has 0 fully saturated rings. The fourth-order valence-corrected chi connectivity index (χ4v) is 3.69. The lowest BCUT2D eigenvalue weighted by molar-refractivity contribution is -0.113. The number of nitrogens with zero attached hydrogens (tertiary/aromatic N) is 3. The zero-order valence-electron chi connectivity index (χ0n) is 14.9. The number of benzene rings is 2. The van der Waals surface area contributed by atoms with Gasteiger partial charge in [-0.1, -0.05) is 53.2 Å². The predicted octanol–water partition coefficient (Wildman–Crippen LogP) is 5.31. The van der Waals surface area contributed by atoms with Crippen molar-refractivity contribution >= 4 is 46.6 Å². The first-order valence-electron chi connectivity index (χ1n) is 8.36. The van der Waals surface area contributed by atoms with Gasteiger partial charge in [0.05, 0.1) is 5.75 Å². The molecule has 140 valence electrons. The Morgan fingerprint density at radius 2 is 2.00 bits per heavy atom. The van der Waals surface area contributed by atoms with Crippen LogP contribution in [0.25, 0.3) is 11.4 Å². The van der Waals surface area contributed by atoms with E-state index in [0.717, 1.165) is 17.0 Å². The van der Waals surface area contributed by atoms with Gasteiger partial charge in [-0.15, -0.1) is 10.2 Å². The van der Waals surface area contributed by atoms with Crippen LogP contribution in [0, 0.1) is 6.92 Å². The van der Waals surface area contributed by atoms with Gasteiger partial charge < -0.3 is 9.88 Å². The lowest BCUT2D eigenvalue weighted by Gasteiger charge is -2.09. The number of hydrogen-bond acceptors (Lipinski definition) is 4. The van der Waals surface area contributed by atoms with Crippen molar-refractivity contribution in [2.24, 2.45) is 0 Å². The van der Waals surface area contributed by atoms with Gasteiger partial charge >= 0.3 is 0 Å². The van der Waals surface area contributed by atoms with Gasteiger partial charge in [0, 0.05) is 27.8 Å². The molecule has 1 N–H and O–H groups in total. The average Bonchev–Trinajstić information content (AvgIpc) is 3.05. The molecule has 27 heavy (non-hydrogen) atoms. The first-order valence-corrected chi connectivity index (χ1v) is 10.1. The number of aryl methyl sites for hydroxylation is 1. The van der Waals surface area contributed by atoms with E-state index in [9.17, 15) is 4.79 Å². The maximum Gasteiger partial charge on any atom is 0.234 e. The van der Waals surface area contributed by atoms with Crippen LogP contribution in [-0.4, -0.2) is 26.4 Å². The minimum absolute atomic E-state index is 0.132. The second-order valence-electron chi connectivity index (χ2n) is 5.86. The van der Waals surface area contributed by atoms with Gasteiger partial charge in [-0.2, -0.15) is 0 Å². The summed E-state index contributed by atoms with van der Waals surface area (Å²) >= 11 is 13.5. The molecule has 0 aliphatic heterocycles. The number of rotatable bonds is 6. The van der Waals surface area contributed by atoms with Gasteiger partial charge in [-0.05, 0) is 43.7 Å². The highest BCUT2D eigenvalue weighted by Gasteiger charge is 2.15. The largest absolute Gasteiger partial charge is 0.325 e. The monoisotopic (exact) mass is 420 g/mol. The molecule has 1 amide bonds. The van der Waals surface area contributed by atoms with Gasteiger partial charge in [0.2, 0.25) is 5.91 Å². The van der Waals surface area contributed by atoms with Crippen LogP contribution in [0.5, 0.6) is 0 Å². The molecule has 0 atom stereocenters. The molecule has 0 saturated carbocycles. The Labute approximate surface area is 172 Å². The summed E-state index contributed by atoms with van der Waals surface area (Å²) in [6, 6.07) is 12.9. The number of carbonyl (C=O) groups excluding carboxylic acids is 1. The van der Waals surface area contributed by atoms with Crippen LogP contribution in [0.2, 0.25) is 10.0 Å². The summed E-state index contributed by atoms with van der Waals surface area (Å²) in [5.41, 5.74) is 2.57. The summed E-state index contributed by atoms with van der Waals surface area (Å²) in [6.45, 7) is 4.65. The minimum Gasteiger partial charge on any atom is -0.325 e. The van der Waals surface area contributed by atoms with Crippen molar-refractivity contribution in [1.29, 1.82) is 0 Å². The van der Waals surface area contributed by atoms with Crippen molar-refractivity contribution in [3.8, 4) is 11.4 Å². The van der Waals surface area contributed by atoms with E-state index in [2.05, 4.69) is 15.5 Å². The number of thioether (sulfide) groups is 1. The van der Waals surface area contributed by atoms with Gasteiger partial charge in [0.1, 0.15) is 0 Å². The summed E-state index contributed by atoms with van der Waals surface area (Å²) in [6.07, 6.45) is 0. The summed E-state index contributed by atoms with van der Waals surface area (Å²) < 4.78 is 1.97. The molecule has 3 rings (SSSR count). The van der Waals surface area contributed by atoms with E-state index in [1.807, 2.05) is 36.6 Å². The Balaban J connectivity index is 1.71.